The first-order valence-corrected chi connectivity index (χ1v) is 7.79. The second kappa shape index (κ2) is 6.49. The van der Waals surface area contributed by atoms with Crippen molar-refractivity contribution in [3.8, 4) is 11.5 Å². The zero-order valence-corrected chi connectivity index (χ0v) is 13.1. The smallest absolute Gasteiger partial charge is 0.262 e. The molecule has 0 radical (unpaired) electrons. The number of nitrogens with one attached hydrogen (secondary N) is 2. The number of hydrogen-bond donors (Lipinski definition) is 2. The van der Waals surface area contributed by atoms with Crippen molar-refractivity contribution in [1.29, 1.82) is 0 Å². The van der Waals surface area contributed by atoms with E-state index in [0.717, 1.165) is 5.56 Å². The minimum atomic E-state index is -2.81. The fraction of sp³-hybridized carbons (Fsp3) is 0.533. The van der Waals surface area contributed by atoms with Crippen LogP contribution in [0.3, 0.4) is 0 Å². The Kier molecular flexibility index (Phi) is 4.59. The Bertz CT molecular complexity index is 613. The van der Waals surface area contributed by atoms with E-state index >= 15 is 0 Å². The highest BCUT2D eigenvalue weighted by Crippen LogP contribution is 2.38. The third-order valence-corrected chi connectivity index (χ3v) is 4.08. The molecular formula is C15H17ClF2N2O3. The Morgan fingerprint density at radius 3 is 2.91 bits per heavy atom. The van der Waals surface area contributed by atoms with Gasteiger partial charge in [0.2, 0.25) is 5.91 Å². The molecule has 2 aliphatic rings. The van der Waals surface area contributed by atoms with Crippen LogP contribution in [0.5, 0.6) is 11.5 Å². The van der Waals surface area contributed by atoms with Gasteiger partial charge < -0.3 is 14.8 Å². The van der Waals surface area contributed by atoms with E-state index in [1.54, 1.807) is 6.07 Å². The van der Waals surface area contributed by atoms with Gasteiger partial charge in [-0.25, -0.2) is 8.78 Å². The number of ether oxygens (including phenoxy) is 2. The first kappa shape index (κ1) is 16.3. The topological polar surface area (TPSA) is 59.6 Å². The van der Waals surface area contributed by atoms with Crippen molar-refractivity contribution in [3.05, 3.63) is 22.7 Å². The van der Waals surface area contributed by atoms with Crippen LogP contribution in [0.25, 0.3) is 0 Å². The van der Waals surface area contributed by atoms with E-state index < -0.39 is 30.8 Å². The number of alkyl halides is 2. The quantitative estimate of drug-likeness (QED) is 0.872. The summed E-state index contributed by atoms with van der Waals surface area (Å²) in [5.74, 6) is -2.11. The predicted octanol–water partition coefficient (Wildman–Crippen LogP) is 1.77. The molecule has 1 amide bonds. The molecule has 1 aromatic rings. The lowest BCUT2D eigenvalue weighted by Crippen LogP contribution is -2.41. The third kappa shape index (κ3) is 3.84. The van der Waals surface area contributed by atoms with Crippen LogP contribution in [0.4, 0.5) is 8.78 Å². The monoisotopic (exact) mass is 346 g/mol. The number of fused-ring (bicyclic) bond motifs is 1. The molecule has 0 spiro atoms. The molecule has 1 saturated heterocycles. The zero-order chi connectivity index (χ0) is 16.4. The fourth-order valence-electron chi connectivity index (χ4n) is 2.66. The molecule has 1 fully saturated rings. The molecular weight excluding hydrogens is 330 g/mol. The van der Waals surface area contributed by atoms with Gasteiger partial charge in [0, 0.05) is 13.0 Å². The number of halogens is 3. The SMILES string of the molecule is O=C(NCCc1cc(Cl)c2c(c1)OCCO2)C1CC(F)(F)CN1. The summed E-state index contributed by atoms with van der Waals surface area (Å²) in [6.07, 6.45) is 0.0555. The van der Waals surface area contributed by atoms with Crippen molar-refractivity contribution in [2.75, 3.05) is 26.3 Å². The maximum Gasteiger partial charge on any atom is 0.262 e. The van der Waals surface area contributed by atoms with Gasteiger partial charge in [0.15, 0.2) is 11.5 Å². The lowest BCUT2D eigenvalue weighted by atomic mass is 10.1. The molecule has 0 aromatic heterocycles. The zero-order valence-electron chi connectivity index (χ0n) is 12.3. The maximum absolute atomic E-state index is 13.1. The Balaban J connectivity index is 1.53. The normalized spacial score (nSPS) is 22.0. The van der Waals surface area contributed by atoms with Crippen molar-refractivity contribution in [3.63, 3.8) is 0 Å². The van der Waals surface area contributed by atoms with Crippen molar-refractivity contribution < 1.29 is 23.0 Å². The van der Waals surface area contributed by atoms with Crippen LogP contribution in [-0.2, 0) is 11.2 Å². The number of rotatable bonds is 4. The van der Waals surface area contributed by atoms with E-state index in [2.05, 4.69) is 10.6 Å². The highest BCUT2D eigenvalue weighted by atomic mass is 35.5. The van der Waals surface area contributed by atoms with Gasteiger partial charge in [-0.2, -0.15) is 0 Å². The molecule has 1 unspecified atom stereocenters. The molecule has 0 bridgehead atoms. The van der Waals surface area contributed by atoms with Crippen LogP contribution in [0, 0.1) is 0 Å². The second-order valence-electron chi connectivity index (χ2n) is 5.64. The van der Waals surface area contributed by atoms with E-state index in [9.17, 15) is 13.6 Å². The van der Waals surface area contributed by atoms with E-state index in [-0.39, 0.29) is 0 Å². The molecule has 23 heavy (non-hydrogen) atoms. The summed E-state index contributed by atoms with van der Waals surface area (Å²) in [5.41, 5.74) is 0.879. The summed E-state index contributed by atoms with van der Waals surface area (Å²) in [5, 5.41) is 5.65. The standard InChI is InChI=1S/C15H17ClF2N2O3/c16-10-5-9(6-12-13(10)23-4-3-22-12)1-2-19-14(21)11-7-15(17,18)8-20-11/h5-6,11,20H,1-4,7-8H2,(H,19,21). The Morgan fingerprint density at radius 1 is 1.39 bits per heavy atom. The molecule has 2 N–H and O–H groups in total. The van der Waals surface area contributed by atoms with Crippen LogP contribution in [0.2, 0.25) is 5.02 Å². The first-order chi connectivity index (χ1) is 10.9. The molecule has 1 atom stereocenters. The van der Waals surface area contributed by atoms with Gasteiger partial charge in [-0.05, 0) is 24.1 Å². The molecule has 8 heteroatoms. The van der Waals surface area contributed by atoms with Gasteiger partial charge >= 0.3 is 0 Å². The lowest BCUT2D eigenvalue weighted by molar-refractivity contribution is -0.123. The fourth-order valence-corrected chi connectivity index (χ4v) is 2.95. The molecule has 1 aromatic carbocycles. The summed E-state index contributed by atoms with van der Waals surface area (Å²) < 4.78 is 37.0. The average Bonchev–Trinajstić information content (AvgIpc) is 2.87. The van der Waals surface area contributed by atoms with Crippen LogP contribution in [0.1, 0.15) is 12.0 Å². The molecule has 5 nitrogen and oxygen atoms in total. The minimum Gasteiger partial charge on any atom is -0.486 e. The van der Waals surface area contributed by atoms with Crippen molar-refractivity contribution in [2.24, 2.45) is 0 Å². The molecule has 126 valence electrons. The van der Waals surface area contributed by atoms with E-state index in [1.165, 1.54) is 0 Å². The van der Waals surface area contributed by atoms with Gasteiger partial charge in [0.05, 0.1) is 17.6 Å². The number of hydrogen-bond acceptors (Lipinski definition) is 4. The van der Waals surface area contributed by atoms with Gasteiger partial charge in [-0.1, -0.05) is 11.6 Å². The summed E-state index contributed by atoms with van der Waals surface area (Å²) in [6.45, 7) is 0.799. The summed E-state index contributed by atoms with van der Waals surface area (Å²) in [6, 6.07) is 2.73. The molecule has 0 saturated carbocycles. The van der Waals surface area contributed by atoms with Crippen molar-refractivity contribution in [2.45, 2.75) is 24.8 Å². The van der Waals surface area contributed by atoms with Crippen LogP contribution >= 0.6 is 11.6 Å². The van der Waals surface area contributed by atoms with Crippen molar-refractivity contribution in [1.82, 2.24) is 10.6 Å². The summed E-state index contributed by atoms with van der Waals surface area (Å²) in [7, 11) is 0. The summed E-state index contributed by atoms with van der Waals surface area (Å²) in [4.78, 5) is 11.8. The van der Waals surface area contributed by atoms with E-state index in [4.69, 9.17) is 21.1 Å². The molecule has 3 rings (SSSR count). The van der Waals surface area contributed by atoms with Crippen LogP contribution in [-0.4, -0.2) is 44.2 Å². The van der Waals surface area contributed by atoms with Crippen molar-refractivity contribution >= 4 is 17.5 Å². The van der Waals surface area contributed by atoms with E-state index in [1.807, 2.05) is 6.07 Å². The van der Waals surface area contributed by atoms with Gasteiger partial charge in [-0.3, -0.25) is 10.1 Å². The second-order valence-corrected chi connectivity index (χ2v) is 6.04. The lowest BCUT2D eigenvalue weighted by Gasteiger charge is -2.20. The number of amides is 1. The Labute approximate surface area is 137 Å². The highest BCUT2D eigenvalue weighted by Gasteiger charge is 2.42. The number of carbonyl (C=O) groups excluding carboxylic acids is 1. The minimum absolute atomic E-state index is 0.332. The van der Waals surface area contributed by atoms with Crippen LogP contribution in [0.15, 0.2) is 12.1 Å². The van der Waals surface area contributed by atoms with Crippen LogP contribution < -0.4 is 20.1 Å². The average molecular weight is 347 g/mol. The third-order valence-electron chi connectivity index (χ3n) is 3.80. The maximum atomic E-state index is 13.1. The summed E-state index contributed by atoms with van der Waals surface area (Å²) >= 11 is 6.14. The van der Waals surface area contributed by atoms with Gasteiger partial charge in [0.25, 0.3) is 5.92 Å². The highest BCUT2D eigenvalue weighted by molar-refractivity contribution is 6.32. The number of benzene rings is 1. The Hall–Kier alpha value is -1.60. The first-order valence-electron chi connectivity index (χ1n) is 7.41. The Morgan fingerprint density at radius 2 is 2.17 bits per heavy atom. The molecule has 0 aliphatic carbocycles. The number of carbonyl (C=O) groups is 1. The largest absolute Gasteiger partial charge is 0.486 e. The van der Waals surface area contributed by atoms with Gasteiger partial charge in [-0.15, -0.1) is 0 Å². The van der Waals surface area contributed by atoms with E-state index in [0.29, 0.717) is 42.7 Å². The van der Waals surface area contributed by atoms with Gasteiger partial charge in [0.1, 0.15) is 13.2 Å². The predicted molar refractivity (Wildman–Crippen MR) is 80.5 cm³/mol. The molecule has 2 aliphatic heterocycles. The molecule has 2 heterocycles.